The van der Waals surface area contributed by atoms with Crippen molar-refractivity contribution in [3.63, 3.8) is 0 Å². The monoisotopic (exact) mass is 321 g/mol. The Bertz CT molecular complexity index is 830. The molecule has 0 unspecified atom stereocenters. The van der Waals surface area contributed by atoms with Gasteiger partial charge in [0, 0.05) is 24.6 Å². The predicted molar refractivity (Wildman–Crippen MR) is 88.2 cm³/mol. The van der Waals surface area contributed by atoms with Gasteiger partial charge in [-0.15, -0.1) is 5.10 Å². The first-order valence-electron chi connectivity index (χ1n) is 7.44. The predicted octanol–water partition coefficient (Wildman–Crippen LogP) is 2.47. The van der Waals surface area contributed by atoms with Crippen LogP contribution < -0.4 is 5.32 Å². The van der Waals surface area contributed by atoms with Crippen LogP contribution in [-0.2, 0) is 4.79 Å². The van der Waals surface area contributed by atoms with E-state index in [2.05, 4.69) is 25.5 Å². The summed E-state index contributed by atoms with van der Waals surface area (Å²) in [5.41, 5.74) is 1.23. The van der Waals surface area contributed by atoms with Crippen LogP contribution in [0.4, 0.5) is 5.95 Å². The third-order valence-electron chi connectivity index (χ3n) is 3.32. The van der Waals surface area contributed by atoms with Gasteiger partial charge in [-0.25, -0.2) is 0 Å². The molecule has 0 bridgehead atoms. The number of benzene rings is 1. The molecule has 2 aromatic heterocycles. The number of carbonyl (C=O) groups is 2. The number of anilines is 1. The van der Waals surface area contributed by atoms with Crippen molar-refractivity contribution in [1.29, 1.82) is 0 Å². The van der Waals surface area contributed by atoms with Crippen LogP contribution in [0.5, 0.6) is 0 Å². The molecule has 24 heavy (non-hydrogen) atoms. The van der Waals surface area contributed by atoms with Gasteiger partial charge in [0.2, 0.25) is 11.9 Å². The Hall–Kier alpha value is -3.35. The smallest absolute Gasteiger partial charge is 0.249 e. The van der Waals surface area contributed by atoms with E-state index in [9.17, 15) is 9.59 Å². The molecule has 3 rings (SSSR count). The highest BCUT2D eigenvalue weighted by Crippen LogP contribution is 2.12. The van der Waals surface area contributed by atoms with E-state index in [0.717, 1.165) is 0 Å². The van der Waals surface area contributed by atoms with E-state index >= 15 is 0 Å². The van der Waals surface area contributed by atoms with Gasteiger partial charge in [-0.1, -0.05) is 36.4 Å². The van der Waals surface area contributed by atoms with Gasteiger partial charge in [0.15, 0.2) is 11.6 Å². The first-order chi connectivity index (χ1) is 11.7. The molecule has 7 heteroatoms. The number of ketones is 1. The Morgan fingerprint density at radius 3 is 2.54 bits per heavy atom. The third-order valence-corrected chi connectivity index (χ3v) is 3.32. The summed E-state index contributed by atoms with van der Waals surface area (Å²) in [6.07, 6.45) is 1.85. The molecule has 0 aliphatic rings. The van der Waals surface area contributed by atoms with Crippen LogP contribution in [0.15, 0.2) is 54.7 Å². The molecule has 2 heterocycles. The standard InChI is InChI=1S/C17H15N5O2/c23-14(12-6-2-1-3-7-12)9-10-15(24)19-17-20-16(21-22-17)13-8-4-5-11-18-13/h1-8,11H,9-10H2,(H2,19,20,21,22,24). The number of nitrogens with one attached hydrogen (secondary N) is 2. The molecule has 3 aromatic rings. The third kappa shape index (κ3) is 3.89. The highest BCUT2D eigenvalue weighted by Gasteiger charge is 2.12. The molecule has 0 atom stereocenters. The maximum absolute atomic E-state index is 12.0. The molecular formula is C17H15N5O2. The number of carbonyl (C=O) groups excluding carboxylic acids is 2. The largest absolute Gasteiger partial charge is 0.294 e. The zero-order valence-electron chi connectivity index (χ0n) is 12.8. The SMILES string of the molecule is O=C(CCC(=O)c1ccccc1)Nc1n[nH]c(-c2ccccn2)n1. The van der Waals surface area contributed by atoms with Gasteiger partial charge < -0.3 is 0 Å². The lowest BCUT2D eigenvalue weighted by molar-refractivity contribution is -0.116. The van der Waals surface area contributed by atoms with E-state index < -0.39 is 0 Å². The van der Waals surface area contributed by atoms with Crippen molar-refractivity contribution < 1.29 is 9.59 Å². The van der Waals surface area contributed by atoms with Crippen molar-refractivity contribution in [3.8, 4) is 11.5 Å². The fourth-order valence-corrected chi connectivity index (χ4v) is 2.12. The van der Waals surface area contributed by atoms with Crippen molar-refractivity contribution >= 4 is 17.6 Å². The normalized spacial score (nSPS) is 10.3. The second kappa shape index (κ2) is 7.28. The minimum atomic E-state index is -0.314. The minimum Gasteiger partial charge on any atom is -0.294 e. The minimum absolute atomic E-state index is 0.0706. The summed E-state index contributed by atoms with van der Waals surface area (Å²) in [5, 5.41) is 9.20. The van der Waals surface area contributed by atoms with E-state index in [0.29, 0.717) is 17.1 Å². The molecule has 1 aromatic carbocycles. The Morgan fingerprint density at radius 2 is 1.79 bits per heavy atom. The quantitative estimate of drug-likeness (QED) is 0.679. The van der Waals surface area contributed by atoms with Crippen LogP contribution >= 0.6 is 0 Å². The highest BCUT2D eigenvalue weighted by molar-refractivity contribution is 5.99. The molecular weight excluding hydrogens is 306 g/mol. The number of rotatable bonds is 6. The van der Waals surface area contributed by atoms with Crippen molar-refractivity contribution in [2.24, 2.45) is 0 Å². The van der Waals surface area contributed by atoms with Gasteiger partial charge in [-0.3, -0.25) is 25.0 Å². The van der Waals surface area contributed by atoms with Gasteiger partial charge in [-0.05, 0) is 12.1 Å². The van der Waals surface area contributed by atoms with E-state index in [1.807, 2.05) is 12.1 Å². The summed E-state index contributed by atoms with van der Waals surface area (Å²) in [6, 6.07) is 14.3. The van der Waals surface area contributed by atoms with Gasteiger partial charge >= 0.3 is 0 Å². The Balaban J connectivity index is 1.54. The summed E-state index contributed by atoms with van der Waals surface area (Å²) in [6.45, 7) is 0. The topological polar surface area (TPSA) is 101 Å². The maximum Gasteiger partial charge on any atom is 0.249 e. The zero-order valence-corrected chi connectivity index (χ0v) is 12.8. The molecule has 0 spiro atoms. The van der Waals surface area contributed by atoms with Crippen LogP contribution in [0.1, 0.15) is 23.2 Å². The molecule has 0 radical (unpaired) electrons. The van der Waals surface area contributed by atoms with Crippen molar-refractivity contribution in [1.82, 2.24) is 20.2 Å². The van der Waals surface area contributed by atoms with Crippen LogP contribution in [-0.4, -0.2) is 31.9 Å². The number of H-pyrrole nitrogens is 1. The van der Waals surface area contributed by atoms with E-state index in [-0.39, 0.29) is 30.5 Å². The fraction of sp³-hybridized carbons (Fsp3) is 0.118. The zero-order chi connectivity index (χ0) is 16.8. The number of nitrogens with zero attached hydrogens (tertiary/aromatic N) is 3. The molecule has 7 nitrogen and oxygen atoms in total. The molecule has 0 aliphatic heterocycles. The number of pyridine rings is 1. The van der Waals surface area contributed by atoms with Crippen LogP contribution in [0, 0.1) is 0 Å². The molecule has 0 fully saturated rings. The first kappa shape index (κ1) is 15.5. The Labute approximate surface area is 138 Å². The summed E-state index contributed by atoms with van der Waals surface area (Å²) < 4.78 is 0. The van der Waals surface area contributed by atoms with Gasteiger partial charge in [0.1, 0.15) is 5.69 Å². The van der Waals surface area contributed by atoms with Crippen LogP contribution in [0.3, 0.4) is 0 Å². The second-order valence-electron chi connectivity index (χ2n) is 5.06. The summed E-state index contributed by atoms with van der Waals surface area (Å²) in [4.78, 5) is 32.2. The summed E-state index contributed by atoms with van der Waals surface area (Å²) in [7, 11) is 0. The van der Waals surface area contributed by atoms with E-state index in [4.69, 9.17) is 0 Å². The lowest BCUT2D eigenvalue weighted by Gasteiger charge is -2.01. The number of hydrogen-bond acceptors (Lipinski definition) is 5. The van der Waals surface area contributed by atoms with Gasteiger partial charge in [-0.2, -0.15) is 4.98 Å². The van der Waals surface area contributed by atoms with Gasteiger partial charge in [0.25, 0.3) is 0 Å². The molecule has 1 amide bonds. The lowest BCUT2D eigenvalue weighted by Crippen LogP contribution is -2.14. The number of amides is 1. The maximum atomic E-state index is 12.0. The first-order valence-corrected chi connectivity index (χ1v) is 7.44. The van der Waals surface area contributed by atoms with Crippen LogP contribution in [0.25, 0.3) is 11.5 Å². The number of Topliss-reactive ketones (excluding diaryl/α,β-unsaturated/α-hetero) is 1. The second-order valence-corrected chi connectivity index (χ2v) is 5.06. The molecule has 2 N–H and O–H groups in total. The van der Waals surface area contributed by atoms with Crippen LogP contribution in [0.2, 0.25) is 0 Å². The Morgan fingerprint density at radius 1 is 1.00 bits per heavy atom. The number of hydrogen-bond donors (Lipinski definition) is 2. The lowest BCUT2D eigenvalue weighted by atomic mass is 10.1. The average Bonchev–Trinajstić information content (AvgIpc) is 3.09. The molecule has 0 saturated heterocycles. The van der Waals surface area contributed by atoms with Crippen molar-refractivity contribution in [2.75, 3.05) is 5.32 Å². The average molecular weight is 321 g/mol. The molecule has 0 aliphatic carbocycles. The highest BCUT2D eigenvalue weighted by atomic mass is 16.2. The summed E-state index contributed by atoms with van der Waals surface area (Å²) >= 11 is 0. The summed E-state index contributed by atoms with van der Waals surface area (Å²) in [5.74, 6) is 0.236. The fourth-order valence-electron chi connectivity index (χ4n) is 2.12. The van der Waals surface area contributed by atoms with Crippen molar-refractivity contribution in [3.05, 3.63) is 60.3 Å². The number of aromatic nitrogens is 4. The molecule has 0 saturated carbocycles. The van der Waals surface area contributed by atoms with Crippen molar-refractivity contribution in [2.45, 2.75) is 12.8 Å². The van der Waals surface area contributed by atoms with Gasteiger partial charge in [0.05, 0.1) is 0 Å². The molecule has 120 valence electrons. The van der Waals surface area contributed by atoms with E-state index in [1.54, 1.807) is 42.6 Å². The van der Waals surface area contributed by atoms with E-state index in [1.165, 1.54) is 0 Å². The Kier molecular flexibility index (Phi) is 4.71. The number of aromatic amines is 1.